The summed E-state index contributed by atoms with van der Waals surface area (Å²) in [6.45, 7) is 0. The summed E-state index contributed by atoms with van der Waals surface area (Å²) in [5.74, 6) is -0.161. The summed E-state index contributed by atoms with van der Waals surface area (Å²) in [7, 11) is 0. The monoisotopic (exact) mass is 352 g/mol. The summed E-state index contributed by atoms with van der Waals surface area (Å²) >= 11 is 17.0. The predicted octanol–water partition coefficient (Wildman–Crippen LogP) is 4.44. The normalized spacial score (nSPS) is 10.1. The van der Waals surface area contributed by atoms with Gasteiger partial charge in [0, 0.05) is 22.2 Å². The predicted molar refractivity (Wildman–Crippen MR) is 95.6 cm³/mol. The van der Waals surface area contributed by atoms with Crippen molar-refractivity contribution in [1.29, 1.82) is 0 Å². The second-order valence-electron chi connectivity index (χ2n) is 4.60. The Morgan fingerprint density at radius 1 is 1.05 bits per heavy atom. The zero-order chi connectivity index (χ0) is 15.9. The van der Waals surface area contributed by atoms with Crippen LogP contribution in [0.2, 0.25) is 10.0 Å². The molecule has 3 nitrogen and oxygen atoms in total. The third kappa shape index (κ3) is 5.30. The van der Waals surface area contributed by atoms with Gasteiger partial charge in [0.2, 0.25) is 5.91 Å². The summed E-state index contributed by atoms with van der Waals surface area (Å²) in [6.07, 6.45) is 0.876. The van der Waals surface area contributed by atoms with Crippen LogP contribution >= 0.6 is 35.4 Å². The molecule has 0 spiro atoms. The number of carbonyl (C=O) groups is 1. The number of halogens is 2. The minimum Gasteiger partial charge on any atom is -0.332 e. The highest BCUT2D eigenvalue weighted by Gasteiger charge is 2.07. The lowest BCUT2D eigenvalue weighted by atomic mass is 10.1. The molecule has 0 atom stereocenters. The minimum atomic E-state index is -0.161. The number of hydrogen-bond acceptors (Lipinski definition) is 2. The fraction of sp³-hybridized carbons (Fsp3) is 0.125. The van der Waals surface area contributed by atoms with Gasteiger partial charge in [0.25, 0.3) is 0 Å². The van der Waals surface area contributed by atoms with E-state index in [1.165, 1.54) is 0 Å². The molecule has 2 N–H and O–H groups in total. The zero-order valence-corrected chi connectivity index (χ0v) is 13.9. The molecule has 2 aromatic carbocycles. The van der Waals surface area contributed by atoms with Gasteiger partial charge in [0.15, 0.2) is 5.11 Å². The van der Waals surface area contributed by atoms with Crippen LogP contribution in [0.25, 0.3) is 0 Å². The van der Waals surface area contributed by atoms with E-state index in [1.54, 1.807) is 24.3 Å². The molecule has 0 aliphatic rings. The van der Waals surface area contributed by atoms with E-state index in [2.05, 4.69) is 10.6 Å². The van der Waals surface area contributed by atoms with E-state index >= 15 is 0 Å². The molecule has 0 radical (unpaired) electrons. The molecule has 1 amide bonds. The van der Waals surface area contributed by atoms with E-state index in [-0.39, 0.29) is 11.0 Å². The summed E-state index contributed by atoms with van der Waals surface area (Å²) in [6, 6.07) is 14.5. The molecule has 22 heavy (non-hydrogen) atoms. The number of carbonyl (C=O) groups excluding carboxylic acids is 1. The summed E-state index contributed by atoms with van der Waals surface area (Å²) in [5, 5.41) is 7.12. The largest absolute Gasteiger partial charge is 0.332 e. The Hall–Kier alpha value is -1.62. The van der Waals surface area contributed by atoms with Crippen molar-refractivity contribution in [2.45, 2.75) is 12.8 Å². The molecule has 0 aromatic heterocycles. The van der Waals surface area contributed by atoms with Crippen LogP contribution in [0, 0.1) is 0 Å². The standard InChI is InChI=1S/C16H14Cl2N2OS/c17-12-6-8-13(9-7-12)19-16(22)20-15(21)10-5-11-3-1-2-4-14(11)18/h1-4,6-9H,5,10H2,(H2,19,20,21,22). The molecule has 2 rings (SSSR count). The highest BCUT2D eigenvalue weighted by atomic mass is 35.5. The van der Waals surface area contributed by atoms with Crippen LogP contribution in [0.5, 0.6) is 0 Å². The maximum Gasteiger partial charge on any atom is 0.226 e. The SMILES string of the molecule is O=C(CCc1ccccc1Cl)NC(=S)Nc1ccc(Cl)cc1. The number of thiocarbonyl (C=S) groups is 1. The first kappa shape index (κ1) is 16.7. The highest BCUT2D eigenvalue weighted by molar-refractivity contribution is 7.80. The first-order valence-electron chi connectivity index (χ1n) is 6.64. The van der Waals surface area contributed by atoms with Gasteiger partial charge in [-0.3, -0.25) is 4.79 Å². The van der Waals surface area contributed by atoms with Gasteiger partial charge < -0.3 is 10.6 Å². The fourth-order valence-corrected chi connectivity index (χ4v) is 2.42. The van der Waals surface area contributed by atoms with Crippen molar-refractivity contribution in [2.24, 2.45) is 0 Å². The molecule has 0 aliphatic heterocycles. The van der Waals surface area contributed by atoms with Crippen LogP contribution in [0.15, 0.2) is 48.5 Å². The van der Waals surface area contributed by atoms with Gasteiger partial charge in [-0.1, -0.05) is 41.4 Å². The van der Waals surface area contributed by atoms with Gasteiger partial charge in [-0.25, -0.2) is 0 Å². The number of rotatable bonds is 4. The number of anilines is 1. The molecule has 2 aromatic rings. The Morgan fingerprint density at radius 2 is 1.73 bits per heavy atom. The second kappa shape index (κ2) is 8.13. The Labute approximate surface area is 144 Å². The molecule has 0 aliphatic carbocycles. The Balaban J connectivity index is 1.80. The van der Waals surface area contributed by atoms with Crippen molar-refractivity contribution in [3.05, 3.63) is 64.1 Å². The zero-order valence-electron chi connectivity index (χ0n) is 11.6. The maximum atomic E-state index is 11.9. The van der Waals surface area contributed by atoms with E-state index in [1.807, 2.05) is 24.3 Å². The smallest absolute Gasteiger partial charge is 0.226 e. The number of benzene rings is 2. The molecule has 0 fully saturated rings. The van der Waals surface area contributed by atoms with Gasteiger partial charge in [-0.05, 0) is 54.5 Å². The number of hydrogen-bond donors (Lipinski definition) is 2. The lowest BCUT2D eigenvalue weighted by molar-refractivity contribution is -0.119. The lowest BCUT2D eigenvalue weighted by Gasteiger charge is -2.10. The van der Waals surface area contributed by atoms with E-state index in [0.29, 0.717) is 22.9 Å². The quantitative estimate of drug-likeness (QED) is 0.799. The van der Waals surface area contributed by atoms with Crippen LogP contribution in [-0.2, 0) is 11.2 Å². The topological polar surface area (TPSA) is 41.1 Å². The highest BCUT2D eigenvalue weighted by Crippen LogP contribution is 2.16. The third-order valence-corrected chi connectivity index (χ3v) is 3.76. The van der Waals surface area contributed by atoms with Crippen LogP contribution < -0.4 is 10.6 Å². The van der Waals surface area contributed by atoms with Gasteiger partial charge >= 0.3 is 0 Å². The number of nitrogens with one attached hydrogen (secondary N) is 2. The summed E-state index contributed by atoms with van der Waals surface area (Å²) < 4.78 is 0. The van der Waals surface area contributed by atoms with Crippen LogP contribution in [0.1, 0.15) is 12.0 Å². The lowest BCUT2D eigenvalue weighted by Crippen LogP contribution is -2.34. The molecular formula is C16H14Cl2N2OS. The Bertz CT molecular complexity index is 674. The number of aryl methyl sites for hydroxylation is 1. The Morgan fingerprint density at radius 3 is 2.41 bits per heavy atom. The third-order valence-electron chi connectivity index (χ3n) is 2.93. The van der Waals surface area contributed by atoms with Gasteiger partial charge in [0.05, 0.1) is 0 Å². The number of amides is 1. The molecule has 0 heterocycles. The average molecular weight is 353 g/mol. The molecular weight excluding hydrogens is 339 g/mol. The first-order chi connectivity index (χ1) is 10.5. The first-order valence-corrected chi connectivity index (χ1v) is 7.81. The fourth-order valence-electron chi connectivity index (χ4n) is 1.83. The molecule has 0 bridgehead atoms. The van der Waals surface area contributed by atoms with Crippen molar-refractivity contribution in [1.82, 2.24) is 5.32 Å². The minimum absolute atomic E-state index is 0.161. The molecule has 0 unspecified atom stereocenters. The maximum absolute atomic E-state index is 11.9. The van der Waals surface area contributed by atoms with Gasteiger partial charge in [0.1, 0.15) is 0 Å². The van der Waals surface area contributed by atoms with Gasteiger partial charge in [-0.2, -0.15) is 0 Å². The van der Waals surface area contributed by atoms with Crippen molar-refractivity contribution < 1.29 is 4.79 Å². The van der Waals surface area contributed by atoms with Crippen LogP contribution in [0.3, 0.4) is 0 Å². The average Bonchev–Trinajstić information content (AvgIpc) is 2.49. The van der Waals surface area contributed by atoms with Crippen molar-refractivity contribution in [3.63, 3.8) is 0 Å². The molecule has 114 valence electrons. The van der Waals surface area contributed by atoms with Crippen LogP contribution in [0.4, 0.5) is 5.69 Å². The van der Waals surface area contributed by atoms with E-state index in [4.69, 9.17) is 35.4 Å². The van der Waals surface area contributed by atoms with E-state index < -0.39 is 0 Å². The summed E-state index contributed by atoms with van der Waals surface area (Å²) in [4.78, 5) is 11.9. The van der Waals surface area contributed by atoms with E-state index in [9.17, 15) is 4.79 Å². The Kier molecular flexibility index (Phi) is 6.19. The molecule has 0 saturated carbocycles. The van der Waals surface area contributed by atoms with Crippen molar-refractivity contribution in [3.8, 4) is 0 Å². The van der Waals surface area contributed by atoms with Crippen molar-refractivity contribution >= 4 is 52.1 Å². The van der Waals surface area contributed by atoms with Crippen molar-refractivity contribution in [2.75, 3.05) is 5.32 Å². The summed E-state index contributed by atoms with van der Waals surface area (Å²) in [5.41, 5.74) is 1.71. The molecule has 0 saturated heterocycles. The van der Waals surface area contributed by atoms with Gasteiger partial charge in [-0.15, -0.1) is 0 Å². The van der Waals surface area contributed by atoms with Crippen LogP contribution in [-0.4, -0.2) is 11.0 Å². The molecule has 6 heteroatoms. The second-order valence-corrected chi connectivity index (χ2v) is 5.85. The van der Waals surface area contributed by atoms with E-state index in [0.717, 1.165) is 11.3 Å².